The third-order valence-electron chi connectivity index (χ3n) is 7.72. The molecule has 1 saturated heterocycles. The molecule has 42 heavy (non-hydrogen) atoms. The molecule has 1 fully saturated rings. The summed E-state index contributed by atoms with van der Waals surface area (Å²) in [7, 11) is 1.48. The quantitative estimate of drug-likeness (QED) is 0.304. The van der Waals surface area contributed by atoms with Gasteiger partial charge < -0.3 is 30.0 Å². The average molecular weight is 595 g/mol. The molecule has 1 spiro atoms. The first kappa shape index (κ1) is 30.6. The van der Waals surface area contributed by atoms with Crippen LogP contribution in [0.25, 0.3) is 10.6 Å². The predicted octanol–water partition coefficient (Wildman–Crippen LogP) is 4.10. The van der Waals surface area contributed by atoms with E-state index in [2.05, 4.69) is 48.5 Å². The molecule has 3 aromatic rings. The lowest BCUT2D eigenvalue weighted by molar-refractivity contribution is -0.126. The summed E-state index contributed by atoms with van der Waals surface area (Å²) in [5, 5.41) is 21.0. The molecule has 0 aliphatic carbocycles. The highest BCUT2D eigenvalue weighted by atomic mass is 32.1. The second kappa shape index (κ2) is 13.2. The Morgan fingerprint density at radius 2 is 2.12 bits per heavy atom. The van der Waals surface area contributed by atoms with Crippen LogP contribution in [-0.2, 0) is 27.1 Å². The van der Waals surface area contributed by atoms with Gasteiger partial charge in [-0.2, -0.15) is 0 Å². The van der Waals surface area contributed by atoms with Crippen molar-refractivity contribution >= 4 is 17.2 Å². The van der Waals surface area contributed by atoms with Gasteiger partial charge in [0.2, 0.25) is 11.8 Å². The third kappa shape index (κ3) is 7.73. The van der Waals surface area contributed by atoms with E-state index >= 15 is 0 Å². The SMILES string of the molecule is COCC(=O)NC(Cc1cccc(-c2nccs2)c1)[C@H](O)CN[C@H]1CC2(CCOC2)Oc2ncc(CC(C)(C)C)cc21. The zero-order valence-electron chi connectivity index (χ0n) is 24.9. The molecule has 2 aliphatic rings. The Morgan fingerprint density at radius 1 is 1.26 bits per heavy atom. The number of hydrogen-bond donors (Lipinski definition) is 3. The standard InChI is InChI=1S/C32H42N4O5S/c1-31(2,3)15-22-13-24-26(16-32(8-10-40-20-32)41-29(24)35-17-22)34-18-27(37)25(36-28(38)19-39-4)14-21-6-5-7-23(12-21)30-33-9-11-42-30/h5-7,9,11-13,17,25-27,34,37H,8,10,14-16,18-20H2,1-4H3,(H,36,38)/t25?,26-,27+,32?/m0/s1. The van der Waals surface area contributed by atoms with E-state index in [1.54, 1.807) is 17.5 Å². The molecular weight excluding hydrogens is 552 g/mol. The molecule has 10 heteroatoms. The van der Waals surface area contributed by atoms with Gasteiger partial charge in [-0.3, -0.25) is 4.79 Å². The monoisotopic (exact) mass is 594 g/mol. The molecule has 0 saturated carbocycles. The number of fused-ring (bicyclic) bond motifs is 1. The van der Waals surface area contributed by atoms with Gasteiger partial charge in [0.25, 0.3) is 0 Å². The summed E-state index contributed by atoms with van der Waals surface area (Å²) < 4.78 is 17.2. The molecule has 0 radical (unpaired) electrons. The molecule has 5 rings (SSSR count). The van der Waals surface area contributed by atoms with Crippen LogP contribution in [0.4, 0.5) is 0 Å². The van der Waals surface area contributed by atoms with Gasteiger partial charge in [-0.05, 0) is 41.5 Å². The summed E-state index contributed by atoms with van der Waals surface area (Å²) in [5.41, 5.74) is 3.85. The number of hydrogen-bond acceptors (Lipinski definition) is 9. The van der Waals surface area contributed by atoms with Crippen molar-refractivity contribution in [2.75, 3.05) is 33.5 Å². The summed E-state index contributed by atoms with van der Waals surface area (Å²) in [6.45, 7) is 8.01. The number of ether oxygens (including phenoxy) is 3. The maximum atomic E-state index is 12.6. The molecule has 3 N–H and O–H groups in total. The number of carbonyl (C=O) groups is 1. The lowest BCUT2D eigenvalue weighted by Crippen LogP contribution is -2.51. The van der Waals surface area contributed by atoms with E-state index in [0.29, 0.717) is 31.9 Å². The van der Waals surface area contributed by atoms with Gasteiger partial charge in [0.05, 0.1) is 25.4 Å². The number of aliphatic hydroxyl groups excluding tert-OH is 1. The van der Waals surface area contributed by atoms with Crippen LogP contribution in [0.1, 0.15) is 56.3 Å². The van der Waals surface area contributed by atoms with E-state index in [-0.39, 0.29) is 30.5 Å². The Hall–Kier alpha value is -2.89. The van der Waals surface area contributed by atoms with Gasteiger partial charge in [-0.1, -0.05) is 39.0 Å². The van der Waals surface area contributed by atoms with Crippen LogP contribution in [0.5, 0.6) is 5.88 Å². The first-order valence-electron chi connectivity index (χ1n) is 14.6. The molecule has 2 unspecified atom stereocenters. The van der Waals surface area contributed by atoms with Gasteiger partial charge in [0.15, 0.2) is 0 Å². The number of nitrogens with one attached hydrogen (secondary N) is 2. The predicted molar refractivity (Wildman–Crippen MR) is 163 cm³/mol. The minimum Gasteiger partial charge on any atom is -0.468 e. The smallest absolute Gasteiger partial charge is 0.246 e. The summed E-state index contributed by atoms with van der Waals surface area (Å²) in [6, 6.07) is 9.65. The van der Waals surface area contributed by atoms with Gasteiger partial charge in [-0.15, -0.1) is 11.3 Å². The van der Waals surface area contributed by atoms with Crippen molar-refractivity contribution in [3.63, 3.8) is 0 Å². The molecular formula is C32H42N4O5S. The molecule has 4 heterocycles. The zero-order valence-corrected chi connectivity index (χ0v) is 25.7. The number of benzene rings is 1. The number of nitrogens with zero attached hydrogens (tertiary/aromatic N) is 2. The first-order valence-corrected chi connectivity index (χ1v) is 15.5. The number of aromatic nitrogens is 2. The summed E-state index contributed by atoms with van der Waals surface area (Å²) in [5.74, 6) is 0.354. The second-order valence-electron chi connectivity index (χ2n) is 12.6. The highest BCUT2D eigenvalue weighted by Gasteiger charge is 2.45. The normalized spacial score (nSPS) is 21.5. The van der Waals surface area contributed by atoms with Crippen molar-refractivity contribution in [3.8, 4) is 16.5 Å². The highest BCUT2D eigenvalue weighted by molar-refractivity contribution is 7.13. The molecule has 4 atom stereocenters. The molecule has 1 aromatic carbocycles. The van der Waals surface area contributed by atoms with Crippen LogP contribution in [0, 0.1) is 5.41 Å². The van der Waals surface area contributed by atoms with E-state index in [9.17, 15) is 9.90 Å². The lowest BCUT2D eigenvalue weighted by Gasteiger charge is -2.39. The van der Waals surface area contributed by atoms with Crippen LogP contribution in [0.2, 0.25) is 0 Å². The van der Waals surface area contributed by atoms with Crippen molar-refractivity contribution in [2.24, 2.45) is 5.41 Å². The number of amides is 1. The summed E-state index contributed by atoms with van der Waals surface area (Å²) >= 11 is 1.58. The van der Waals surface area contributed by atoms with Crippen LogP contribution in [-0.4, -0.2) is 72.2 Å². The Balaban J connectivity index is 1.34. The summed E-state index contributed by atoms with van der Waals surface area (Å²) in [4.78, 5) is 21.7. The second-order valence-corrected chi connectivity index (χ2v) is 13.5. The third-order valence-corrected chi connectivity index (χ3v) is 8.55. The van der Waals surface area contributed by atoms with Gasteiger partial charge in [0.1, 0.15) is 17.2 Å². The fourth-order valence-electron chi connectivity index (χ4n) is 5.82. The maximum Gasteiger partial charge on any atom is 0.246 e. The Kier molecular flexibility index (Phi) is 9.59. The summed E-state index contributed by atoms with van der Waals surface area (Å²) in [6.07, 6.45) is 5.69. The first-order chi connectivity index (χ1) is 20.1. The van der Waals surface area contributed by atoms with E-state index in [4.69, 9.17) is 19.2 Å². The van der Waals surface area contributed by atoms with Crippen molar-refractivity contribution in [3.05, 3.63) is 64.8 Å². The molecule has 0 bridgehead atoms. The van der Waals surface area contributed by atoms with Crippen LogP contribution < -0.4 is 15.4 Å². The Labute approximate surface area is 252 Å². The van der Waals surface area contributed by atoms with Crippen molar-refractivity contribution in [1.29, 1.82) is 0 Å². The largest absolute Gasteiger partial charge is 0.468 e. The number of aliphatic hydroxyl groups is 1. The van der Waals surface area contributed by atoms with E-state index in [0.717, 1.165) is 40.1 Å². The van der Waals surface area contributed by atoms with Crippen molar-refractivity contribution < 1.29 is 24.1 Å². The average Bonchev–Trinajstić information content (AvgIpc) is 3.64. The minimum atomic E-state index is -0.859. The number of carbonyl (C=O) groups excluding carboxylic acids is 1. The van der Waals surface area contributed by atoms with E-state index in [1.165, 1.54) is 7.11 Å². The highest BCUT2D eigenvalue weighted by Crippen LogP contribution is 2.43. The van der Waals surface area contributed by atoms with Gasteiger partial charge in [0, 0.05) is 61.4 Å². The lowest BCUT2D eigenvalue weighted by atomic mass is 9.85. The fraction of sp³-hybridized carbons (Fsp3) is 0.531. The Bertz CT molecular complexity index is 1340. The van der Waals surface area contributed by atoms with Crippen LogP contribution in [0.3, 0.4) is 0 Å². The number of rotatable bonds is 11. The van der Waals surface area contributed by atoms with Gasteiger partial charge in [-0.25, -0.2) is 9.97 Å². The van der Waals surface area contributed by atoms with Gasteiger partial charge >= 0.3 is 0 Å². The Morgan fingerprint density at radius 3 is 2.83 bits per heavy atom. The molecule has 9 nitrogen and oxygen atoms in total. The van der Waals surface area contributed by atoms with Crippen molar-refractivity contribution in [2.45, 2.75) is 70.2 Å². The van der Waals surface area contributed by atoms with E-state index < -0.39 is 17.7 Å². The molecule has 2 aliphatic heterocycles. The minimum absolute atomic E-state index is 0.0755. The fourth-order valence-corrected chi connectivity index (χ4v) is 6.45. The molecule has 2 aromatic heterocycles. The van der Waals surface area contributed by atoms with E-state index in [1.807, 2.05) is 29.8 Å². The van der Waals surface area contributed by atoms with Crippen LogP contribution >= 0.6 is 11.3 Å². The zero-order chi connectivity index (χ0) is 29.7. The molecule has 226 valence electrons. The van der Waals surface area contributed by atoms with Crippen LogP contribution in [0.15, 0.2) is 48.1 Å². The number of thiazole rings is 1. The van der Waals surface area contributed by atoms with Crippen molar-refractivity contribution in [1.82, 2.24) is 20.6 Å². The maximum absolute atomic E-state index is 12.6. The number of pyridine rings is 1. The number of methoxy groups -OCH3 is 1. The topological polar surface area (TPSA) is 115 Å². The molecule has 1 amide bonds.